The third kappa shape index (κ3) is 5.21. The van der Waals surface area contributed by atoms with E-state index in [1.54, 1.807) is 6.20 Å². The summed E-state index contributed by atoms with van der Waals surface area (Å²) in [5, 5.41) is 6.19. The summed E-state index contributed by atoms with van der Waals surface area (Å²) in [6.07, 6.45) is 3.62. The molecule has 1 aliphatic heterocycles. The molecule has 0 aliphatic carbocycles. The highest BCUT2D eigenvalue weighted by atomic mass is 35.5. The van der Waals surface area contributed by atoms with E-state index in [1.165, 1.54) is 0 Å². The van der Waals surface area contributed by atoms with Gasteiger partial charge in [-0.05, 0) is 38.1 Å². The van der Waals surface area contributed by atoms with E-state index in [-0.39, 0.29) is 36.6 Å². The van der Waals surface area contributed by atoms with E-state index < -0.39 is 0 Å². The number of nitrogens with one attached hydrogen (secondary N) is 2. The van der Waals surface area contributed by atoms with E-state index in [9.17, 15) is 4.79 Å². The second-order valence-corrected chi connectivity index (χ2v) is 4.06. The standard InChI is InChI=1S/C12H17N3O.2ClH/c16-12(10-4-7-13-8-5-10)15-9-11-3-1-2-6-14-11;;/h1-3,6,10,13H,4-5,7-9H2,(H,15,16);2*1H. The molecule has 0 aromatic carbocycles. The first-order chi connectivity index (χ1) is 7.86. The zero-order chi connectivity index (χ0) is 11.2. The Morgan fingerprint density at radius 2 is 2.06 bits per heavy atom. The first-order valence-corrected chi connectivity index (χ1v) is 5.74. The van der Waals surface area contributed by atoms with Crippen molar-refractivity contribution in [2.24, 2.45) is 5.92 Å². The van der Waals surface area contributed by atoms with Crippen LogP contribution in [0.2, 0.25) is 0 Å². The van der Waals surface area contributed by atoms with Crippen molar-refractivity contribution in [1.82, 2.24) is 15.6 Å². The van der Waals surface area contributed by atoms with Crippen LogP contribution >= 0.6 is 24.8 Å². The maximum Gasteiger partial charge on any atom is 0.223 e. The molecule has 1 aliphatic rings. The highest BCUT2D eigenvalue weighted by molar-refractivity contribution is 5.85. The van der Waals surface area contributed by atoms with Crippen LogP contribution in [0.5, 0.6) is 0 Å². The lowest BCUT2D eigenvalue weighted by Crippen LogP contribution is -2.37. The first kappa shape index (κ1) is 17.2. The molecular weight excluding hydrogens is 273 g/mol. The van der Waals surface area contributed by atoms with Crippen molar-refractivity contribution >= 4 is 30.7 Å². The maximum atomic E-state index is 11.8. The van der Waals surface area contributed by atoms with Crippen molar-refractivity contribution < 1.29 is 4.79 Å². The van der Waals surface area contributed by atoms with E-state index >= 15 is 0 Å². The van der Waals surface area contributed by atoms with Crippen LogP contribution in [-0.4, -0.2) is 24.0 Å². The number of hydrogen-bond acceptors (Lipinski definition) is 3. The van der Waals surface area contributed by atoms with Crippen LogP contribution in [0.15, 0.2) is 24.4 Å². The number of halogens is 2. The molecule has 1 saturated heterocycles. The molecular formula is C12H19Cl2N3O. The van der Waals surface area contributed by atoms with E-state index in [0.717, 1.165) is 31.6 Å². The number of pyridine rings is 1. The van der Waals surface area contributed by atoms with Crippen LogP contribution in [-0.2, 0) is 11.3 Å². The molecule has 1 aromatic heterocycles. The summed E-state index contributed by atoms with van der Waals surface area (Å²) in [5.74, 6) is 0.331. The molecule has 0 bridgehead atoms. The SMILES string of the molecule is Cl.Cl.O=C(NCc1ccccn1)C1CCNCC1. The van der Waals surface area contributed by atoms with Gasteiger partial charge < -0.3 is 10.6 Å². The monoisotopic (exact) mass is 291 g/mol. The molecule has 0 radical (unpaired) electrons. The van der Waals surface area contributed by atoms with Gasteiger partial charge in [0.05, 0.1) is 12.2 Å². The van der Waals surface area contributed by atoms with E-state index in [1.807, 2.05) is 18.2 Å². The molecule has 1 fully saturated rings. The lowest BCUT2D eigenvalue weighted by Gasteiger charge is -2.21. The predicted molar refractivity (Wildman–Crippen MR) is 76.2 cm³/mol. The Bertz CT molecular complexity index is 342. The summed E-state index contributed by atoms with van der Waals surface area (Å²) >= 11 is 0. The number of carbonyl (C=O) groups is 1. The number of aromatic nitrogens is 1. The number of piperidine rings is 1. The fourth-order valence-corrected chi connectivity index (χ4v) is 1.91. The van der Waals surface area contributed by atoms with E-state index in [0.29, 0.717) is 6.54 Å². The summed E-state index contributed by atoms with van der Waals surface area (Å²) in [4.78, 5) is 16.0. The zero-order valence-electron chi connectivity index (χ0n) is 10.1. The minimum atomic E-state index is 0. The third-order valence-corrected chi connectivity index (χ3v) is 2.88. The molecule has 6 heteroatoms. The second-order valence-electron chi connectivity index (χ2n) is 4.06. The van der Waals surface area contributed by atoms with Crippen LogP contribution in [0.25, 0.3) is 0 Å². The average molecular weight is 292 g/mol. The molecule has 2 heterocycles. The van der Waals surface area contributed by atoms with Gasteiger partial charge in [-0.25, -0.2) is 0 Å². The van der Waals surface area contributed by atoms with Crippen molar-refractivity contribution in [2.75, 3.05) is 13.1 Å². The summed E-state index contributed by atoms with van der Waals surface area (Å²) < 4.78 is 0. The van der Waals surface area contributed by atoms with Gasteiger partial charge in [-0.3, -0.25) is 9.78 Å². The van der Waals surface area contributed by atoms with Crippen LogP contribution < -0.4 is 10.6 Å². The van der Waals surface area contributed by atoms with Gasteiger partial charge in [0.2, 0.25) is 5.91 Å². The lowest BCUT2D eigenvalue weighted by atomic mass is 9.97. The van der Waals surface area contributed by atoms with Gasteiger partial charge in [-0.15, -0.1) is 24.8 Å². The Morgan fingerprint density at radius 3 is 2.67 bits per heavy atom. The predicted octanol–water partition coefficient (Wildman–Crippen LogP) is 1.54. The van der Waals surface area contributed by atoms with Gasteiger partial charge in [0.25, 0.3) is 0 Å². The Morgan fingerprint density at radius 1 is 1.33 bits per heavy atom. The second kappa shape index (κ2) is 9.14. The van der Waals surface area contributed by atoms with Crippen LogP contribution in [0.1, 0.15) is 18.5 Å². The van der Waals surface area contributed by atoms with Gasteiger partial charge in [0.15, 0.2) is 0 Å². The number of rotatable bonds is 3. The molecule has 2 rings (SSSR count). The van der Waals surface area contributed by atoms with E-state index in [2.05, 4.69) is 15.6 Å². The van der Waals surface area contributed by atoms with Gasteiger partial charge >= 0.3 is 0 Å². The van der Waals surface area contributed by atoms with Gasteiger partial charge in [0, 0.05) is 12.1 Å². The van der Waals surface area contributed by atoms with Crippen molar-refractivity contribution in [3.63, 3.8) is 0 Å². The molecule has 1 amide bonds. The van der Waals surface area contributed by atoms with Crippen LogP contribution in [0.3, 0.4) is 0 Å². The average Bonchev–Trinajstić information content (AvgIpc) is 2.38. The molecule has 102 valence electrons. The summed E-state index contributed by atoms with van der Waals surface area (Å²) in [7, 11) is 0. The smallest absolute Gasteiger partial charge is 0.223 e. The molecule has 2 N–H and O–H groups in total. The van der Waals surface area contributed by atoms with Gasteiger partial charge in [0.1, 0.15) is 0 Å². The fourth-order valence-electron chi connectivity index (χ4n) is 1.91. The minimum Gasteiger partial charge on any atom is -0.350 e. The number of amides is 1. The lowest BCUT2D eigenvalue weighted by molar-refractivity contribution is -0.125. The number of nitrogens with zero attached hydrogens (tertiary/aromatic N) is 1. The zero-order valence-corrected chi connectivity index (χ0v) is 11.7. The molecule has 18 heavy (non-hydrogen) atoms. The first-order valence-electron chi connectivity index (χ1n) is 5.74. The molecule has 0 spiro atoms. The number of carbonyl (C=O) groups excluding carboxylic acids is 1. The highest BCUT2D eigenvalue weighted by Crippen LogP contribution is 2.11. The molecule has 1 aromatic rings. The van der Waals surface area contributed by atoms with E-state index in [4.69, 9.17) is 0 Å². The van der Waals surface area contributed by atoms with Gasteiger partial charge in [-0.1, -0.05) is 6.07 Å². The van der Waals surface area contributed by atoms with Crippen LogP contribution in [0, 0.1) is 5.92 Å². The van der Waals surface area contributed by atoms with Crippen molar-refractivity contribution in [1.29, 1.82) is 0 Å². The van der Waals surface area contributed by atoms with Crippen molar-refractivity contribution in [3.05, 3.63) is 30.1 Å². The summed E-state index contributed by atoms with van der Waals surface area (Å²) in [6.45, 7) is 2.42. The van der Waals surface area contributed by atoms with Gasteiger partial charge in [-0.2, -0.15) is 0 Å². The minimum absolute atomic E-state index is 0. The quantitative estimate of drug-likeness (QED) is 0.888. The largest absolute Gasteiger partial charge is 0.350 e. The molecule has 0 unspecified atom stereocenters. The van der Waals surface area contributed by atoms with Crippen molar-refractivity contribution in [2.45, 2.75) is 19.4 Å². The summed E-state index contributed by atoms with van der Waals surface area (Å²) in [5.41, 5.74) is 0.907. The van der Waals surface area contributed by atoms with Crippen molar-refractivity contribution in [3.8, 4) is 0 Å². The Kier molecular flexibility index (Phi) is 8.71. The molecule has 4 nitrogen and oxygen atoms in total. The Hall–Kier alpha value is -0.840. The molecule has 0 atom stereocenters. The van der Waals surface area contributed by atoms with Crippen LogP contribution in [0.4, 0.5) is 0 Å². The highest BCUT2D eigenvalue weighted by Gasteiger charge is 2.20. The normalized spacial score (nSPS) is 15.1. The topological polar surface area (TPSA) is 54.0 Å². The fraction of sp³-hybridized carbons (Fsp3) is 0.500. The maximum absolute atomic E-state index is 11.8. The number of hydrogen-bond donors (Lipinski definition) is 2. The third-order valence-electron chi connectivity index (χ3n) is 2.88. The Labute approximate surface area is 120 Å². The summed E-state index contributed by atoms with van der Waals surface area (Å²) in [6, 6.07) is 5.72. The molecule has 0 saturated carbocycles. The Balaban J connectivity index is 0.00000144.